The van der Waals surface area contributed by atoms with Crippen molar-refractivity contribution < 1.29 is 19.4 Å². The molecule has 2 N–H and O–H groups in total. The normalized spacial score (nSPS) is 16.8. The van der Waals surface area contributed by atoms with Gasteiger partial charge in [0.25, 0.3) is 0 Å². The van der Waals surface area contributed by atoms with Crippen molar-refractivity contribution in [3.05, 3.63) is 64.8 Å². The number of aromatic nitrogens is 1. The molecule has 32 heavy (non-hydrogen) atoms. The van der Waals surface area contributed by atoms with Crippen LogP contribution in [0.25, 0.3) is 10.9 Å². The van der Waals surface area contributed by atoms with Gasteiger partial charge in [0.05, 0.1) is 12.7 Å². The molecule has 0 spiro atoms. The minimum atomic E-state index is -0.969. The maximum absolute atomic E-state index is 12.2. The average Bonchev–Trinajstić information content (AvgIpc) is 3.37. The summed E-state index contributed by atoms with van der Waals surface area (Å²) in [5.74, 6) is -0.0898. The number of methoxy groups -OCH3 is 1. The first-order valence-electron chi connectivity index (χ1n) is 11.2. The van der Waals surface area contributed by atoms with Crippen LogP contribution >= 0.6 is 0 Å². The van der Waals surface area contributed by atoms with Crippen molar-refractivity contribution in [2.45, 2.75) is 45.6 Å². The second kappa shape index (κ2) is 9.07. The molecule has 1 aliphatic heterocycles. The van der Waals surface area contributed by atoms with Crippen molar-refractivity contribution in [2.24, 2.45) is 5.92 Å². The highest BCUT2D eigenvalue weighted by molar-refractivity contribution is 5.89. The van der Waals surface area contributed by atoms with Crippen LogP contribution in [0.4, 0.5) is 0 Å². The summed E-state index contributed by atoms with van der Waals surface area (Å²) >= 11 is 0. The fourth-order valence-corrected chi connectivity index (χ4v) is 4.79. The van der Waals surface area contributed by atoms with Gasteiger partial charge in [0.15, 0.2) is 0 Å². The third kappa shape index (κ3) is 4.09. The van der Waals surface area contributed by atoms with Crippen molar-refractivity contribution in [1.29, 1.82) is 0 Å². The predicted molar refractivity (Wildman–Crippen MR) is 125 cm³/mol. The minimum Gasteiger partial charge on any atom is -0.496 e. The summed E-state index contributed by atoms with van der Waals surface area (Å²) in [6, 6.07) is 11.6. The molecule has 6 nitrogen and oxygen atoms in total. The number of carbonyl (C=O) groups excluding carboxylic acids is 1. The summed E-state index contributed by atoms with van der Waals surface area (Å²) in [6.45, 7) is 5.97. The predicted octanol–water partition coefficient (Wildman–Crippen LogP) is 4.59. The molecule has 2 heterocycles. The maximum Gasteiger partial charge on any atom is 0.335 e. The molecule has 0 bridgehead atoms. The molecule has 3 aromatic rings. The Hall–Kier alpha value is -3.28. The van der Waals surface area contributed by atoms with Crippen LogP contribution in [-0.4, -0.2) is 35.2 Å². The van der Waals surface area contributed by atoms with Crippen molar-refractivity contribution in [3.8, 4) is 5.75 Å². The Morgan fingerprint density at radius 3 is 2.72 bits per heavy atom. The number of carbonyl (C=O) groups is 2. The number of rotatable bonds is 8. The van der Waals surface area contributed by atoms with E-state index in [0.717, 1.165) is 31.5 Å². The Kier molecular flexibility index (Phi) is 6.21. The third-order valence-corrected chi connectivity index (χ3v) is 6.59. The molecule has 0 saturated carbocycles. The summed E-state index contributed by atoms with van der Waals surface area (Å²) in [6.07, 6.45) is 4.72. The zero-order chi connectivity index (χ0) is 22.8. The monoisotopic (exact) mass is 434 g/mol. The van der Waals surface area contributed by atoms with E-state index in [1.54, 1.807) is 19.2 Å². The molecule has 4 rings (SSSR count). The lowest BCUT2D eigenvalue weighted by Gasteiger charge is -2.18. The Balaban J connectivity index is 1.75. The van der Waals surface area contributed by atoms with E-state index in [-0.39, 0.29) is 23.3 Å². The molecule has 1 saturated heterocycles. The third-order valence-electron chi connectivity index (χ3n) is 6.59. The Labute approximate surface area is 188 Å². The van der Waals surface area contributed by atoms with E-state index >= 15 is 0 Å². The zero-order valence-corrected chi connectivity index (χ0v) is 18.9. The molecular weight excluding hydrogens is 404 g/mol. The number of carboxylic acid groups (broad SMARTS) is 1. The molecule has 168 valence electrons. The van der Waals surface area contributed by atoms with Crippen LogP contribution in [-0.2, 0) is 17.8 Å². The molecule has 2 atom stereocenters. The molecule has 1 amide bonds. The van der Waals surface area contributed by atoms with Crippen LogP contribution < -0.4 is 10.1 Å². The van der Waals surface area contributed by atoms with Crippen LogP contribution in [0.2, 0.25) is 0 Å². The Morgan fingerprint density at radius 2 is 2.06 bits per heavy atom. The number of benzene rings is 2. The van der Waals surface area contributed by atoms with Gasteiger partial charge < -0.3 is 19.7 Å². The number of aromatic carboxylic acids is 1. The lowest BCUT2D eigenvalue weighted by atomic mass is 9.86. The standard InChI is InChI=1S/C26H30N2O4/c1-4-11-28-15-20(12-18-5-6-19(26(30)31)14-24(18)32-3)22-13-17(7-8-23(22)28)16(2)21-9-10-27-25(21)29/h5-8,13-16,21H,4,9-12H2,1-3H3,(H,27,29)(H,30,31). The van der Waals surface area contributed by atoms with Gasteiger partial charge in [-0.05, 0) is 59.7 Å². The molecule has 1 aliphatic rings. The fourth-order valence-electron chi connectivity index (χ4n) is 4.79. The summed E-state index contributed by atoms with van der Waals surface area (Å²) in [5.41, 5.74) is 4.67. The van der Waals surface area contributed by atoms with Gasteiger partial charge in [0.2, 0.25) is 5.91 Å². The summed E-state index contributed by atoms with van der Waals surface area (Å²) in [5, 5.41) is 13.4. The molecule has 1 fully saturated rings. The van der Waals surface area contributed by atoms with Crippen molar-refractivity contribution in [2.75, 3.05) is 13.7 Å². The van der Waals surface area contributed by atoms with Gasteiger partial charge in [-0.15, -0.1) is 0 Å². The first-order chi connectivity index (χ1) is 15.4. The van der Waals surface area contributed by atoms with E-state index < -0.39 is 5.97 Å². The van der Waals surface area contributed by atoms with E-state index in [1.807, 2.05) is 6.07 Å². The number of ether oxygens (including phenoxy) is 1. The number of hydrogen-bond acceptors (Lipinski definition) is 3. The highest BCUT2D eigenvalue weighted by atomic mass is 16.5. The van der Waals surface area contributed by atoms with Gasteiger partial charge >= 0.3 is 5.97 Å². The Bertz CT molecular complexity index is 1160. The van der Waals surface area contributed by atoms with Gasteiger partial charge in [-0.3, -0.25) is 4.79 Å². The molecule has 2 unspecified atom stereocenters. The van der Waals surface area contributed by atoms with Crippen molar-refractivity contribution >= 4 is 22.8 Å². The van der Waals surface area contributed by atoms with Gasteiger partial charge in [-0.2, -0.15) is 0 Å². The van der Waals surface area contributed by atoms with E-state index in [2.05, 4.69) is 48.1 Å². The smallest absolute Gasteiger partial charge is 0.335 e. The van der Waals surface area contributed by atoms with Crippen LogP contribution in [0.1, 0.15) is 59.7 Å². The molecular formula is C26H30N2O4. The van der Waals surface area contributed by atoms with E-state index in [9.17, 15) is 14.7 Å². The lowest BCUT2D eigenvalue weighted by Crippen LogP contribution is -2.22. The number of fused-ring (bicyclic) bond motifs is 1. The largest absolute Gasteiger partial charge is 0.496 e. The molecule has 2 aromatic carbocycles. The molecule has 1 aromatic heterocycles. The van der Waals surface area contributed by atoms with Gasteiger partial charge in [0.1, 0.15) is 5.75 Å². The van der Waals surface area contributed by atoms with Crippen LogP contribution in [0.3, 0.4) is 0 Å². The summed E-state index contributed by atoms with van der Waals surface area (Å²) in [7, 11) is 1.57. The maximum atomic E-state index is 12.2. The minimum absolute atomic E-state index is 0.0114. The highest BCUT2D eigenvalue weighted by Crippen LogP contribution is 2.34. The number of carboxylic acids is 1. The van der Waals surface area contributed by atoms with Gasteiger partial charge in [-0.25, -0.2) is 4.79 Å². The Morgan fingerprint density at radius 1 is 1.25 bits per heavy atom. The second-order valence-electron chi connectivity index (χ2n) is 8.61. The quantitative estimate of drug-likeness (QED) is 0.543. The van der Waals surface area contributed by atoms with Gasteiger partial charge in [-0.1, -0.05) is 26.0 Å². The number of nitrogens with zero attached hydrogens (tertiary/aromatic N) is 1. The SMILES string of the molecule is CCCn1cc(Cc2ccc(C(=O)O)cc2OC)c2cc(C(C)C3CCNC3=O)ccc21. The fraction of sp³-hybridized carbons (Fsp3) is 0.385. The highest BCUT2D eigenvalue weighted by Gasteiger charge is 2.30. The topological polar surface area (TPSA) is 80.6 Å². The molecule has 0 radical (unpaired) electrons. The first kappa shape index (κ1) is 21.9. The van der Waals surface area contributed by atoms with Crippen molar-refractivity contribution in [1.82, 2.24) is 9.88 Å². The molecule has 0 aliphatic carbocycles. The zero-order valence-electron chi connectivity index (χ0n) is 18.9. The average molecular weight is 435 g/mol. The van der Waals surface area contributed by atoms with Crippen LogP contribution in [0.5, 0.6) is 5.75 Å². The summed E-state index contributed by atoms with van der Waals surface area (Å²) in [4.78, 5) is 23.6. The number of hydrogen-bond donors (Lipinski definition) is 2. The number of aryl methyl sites for hydroxylation is 1. The lowest BCUT2D eigenvalue weighted by molar-refractivity contribution is -0.122. The van der Waals surface area contributed by atoms with E-state index in [1.165, 1.54) is 22.0 Å². The van der Waals surface area contributed by atoms with Crippen LogP contribution in [0.15, 0.2) is 42.6 Å². The van der Waals surface area contributed by atoms with Crippen molar-refractivity contribution in [3.63, 3.8) is 0 Å². The first-order valence-corrected chi connectivity index (χ1v) is 11.2. The number of nitrogens with one attached hydrogen (secondary N) is 1. The van der Waals surface area contributed by atoms with E-state index in [0.29, 0.717) is 12.2 Å². The van der Waals surface area contributed by atoms with Crippen LogP contribution in [0, 0.1) is 5.92 Å². The summed E-state index contributed by atoms with van der Waals surface area (Å²) < 4.78 is 7.78. The van der Waals surface area contributed by atoms with Gasteiger partial charge in [0, 0.05) is 42.5 Å². The second-order valence-corrected chi connectivity index (χ2v) is 8.61. The van der Waals surface area contributed by atoms with E-state index in [4.69, 9.17) is 4.74 Å². The molecule has 6 heteroatoms. The number of amides is 1.